The maximum Gasteiger partial charge on any atom is 0.174 e. The maximum atomic E-state index is 12.5. The van der Waals surface area contributed by atoms with E-state index < -0.39 is 0 Å². The predicted molar refractivity (Wildman–Crippen MR) is 87.5 cm³/mol. The van der Waals surface area contributed by atoms with Crippen molar-refractivity contribution in [3.05, 3.63) is 23.3 Å². The summed E-state index contributed by atoms with van der Waals surface area (Å²) in [6.07, 6.45) is 3.18. The first-order chi connectivity index (χ1) is 10.1. The molecule has 1 aromatic carbocycles. The molecule has 3 N–H and O–H groups in total. The number of ketones is 1. The number of carbonyl (C=O) groups excluding carboxylic acids is 1. The molecule has 1 saturated carbocycles. The molecule has 1 aromatic rings. The van der Waals surface area contributed by atoms with Crippen LogP contribution in [0.5, 0.6) is 11.5 Å². The largest absolute Gasteiger partial charge is 0.504 e. The average molecular weight is 340 g/mol. The number of nitrogens with zero attached hydrogens (tertiary/aromatic N) is 1. The van der Waals surface area contributed by atoms with Crippen LogP contribution in [-0.2, 0) is 16.6 Å². The Kier molecular flexibility index (Phi) is 3.67. The summed E-state index contributed by atoms with van der Waals surface area (Å²) in [5, 5.41) is 10.2. The van der Waals surface area contributed by atoms with Gasteiger partial charge in [-0.1, -0.05) is 6.07 Å². The number of carbonyl (C=O) groups is 1. The number of hydrogen-bond donors (Lipinski definition) is 1. The van der Waals surface area contributed by atoms with Crippen molar-refractivity contribution in [3.8, 4) is 11.5 Å². The number of benzene rings is 1. The van der Waals surface area contributed by atoms with E-state index in [2.05, 4.69) is 11.9 Å². The Morgan fingerprint density at radius 1 is 1.39 bits per heavy atom. The second-order valence-corrected chi connectivity index (χ2v) is 7.10. The van der Waals surface area contributed by atoms with Crippen molar-refractivity contribution in [1.29, 1.82) is 0 Å². The van der Waals surface area contributed by atoms with Crippen molar-refractivity contribution in [2.75, 3.05) is 13.6 Å². The van der Waals surface area contributed by atoms with E-state index in [-0.39, 0.29) is 40.9 Å². The van der Waals surface area contributed by atoms with Gasteiger partial charge in [-0.15, -0.1) is 12.4 Å². The van der Waals surface area contributed by atoms with E-state index in [1.807, 2.05) is 6.07 Å². The number of aromatic hydroxyl groups is 1. The number of halogens is 1. The van der Waals surface area contributed by atoms with Crippen LogP contribution in [0.3, 0.4) is 0 Å². The number of ether oxygens (including phenoxy) is 1. The minimum atomic E-state index is -0.366. The summed E-state index contributed by atoms with van der Waals surface area (Å²) in [6.45, 7) is 1.00. The Labute approximate surface area is 141 Å². The van der Waals surface area contributed by atoms with Crippen LogP contribution < -0.4 is 4.74 Å². The van der Waals surface area contributed by atoms with Gasteiger partial charge in [-0.2, -0.15) is 0 Å². The number of hydrogen-bond acceptors (Lipinski definition) is 4. The van der Waals surface area contributed by atoms with Crippen LogP contribution in [0.25, 0.3) is 0 Å². The molecule has 4 aliphatic rings. The van der Waals surface area contributed by atoms with Gasteiger partial charge in [0.15, 0.2) is 23.4 Å². The lowest BCUT2D eigenvalue weighted by Crippen LogP contribution is -2.65. The number of phenolic OH excluding ortho intramolecular Hbond substituents is 1. The number of Topliss-reactive ketones (excluding diaryl/α,β-unsaturated/α-hetero) is 1. The van der Waals surface area contributed by atoms with E-state index >= 15 is 0 Å². The van der Waals surface area contributed by atoms with Crippen LogP contribution in [0.15, 0.2) is 12.1 Å². The molecule has 2 bridgehead atoms. The van der Waals surface area contributed by atoms with Gasteiger partial charge in [-0.3, -0.25) is 4.79 Å². The minimum absolute atomic E-state index is 0. The summed E-state index contributed by atoms with van der Waals surface area (Å²) < 4.78 is 6.04. The van der Waals surface area contributed by atoms with Gasteiger partial charge < -0.3 is 20.2 Å². The molecule has 1 spiro atoms. The van der Waals surface area contributed by atoms with Crippen LogP contribution in [0, 0.1) is 5.92 Å². The lowest BCUT2D eigenvalue weighted by atomic mass is 9.52. The van der Waals surface area contributed by atoms with Crippen molar-refractivity contribution in [1.82, 2.24) is 4.90 Å². The molecular weight excluding hydrogens is 318 g/mol. The third-order valence-corrected chi connectivity index (χ3v) is 6.39. The molecule has 126 valence electrons. The number of phenols is 1. The van der Waals surface area contributed by atoms with E-state index in [4.69, 9.17) is 4.74 Å². The summed E-state index contributed by atoms with van der Waals surface area (Å²) in [6, 6.07) is 4.26. The van der Waals surface area contributed by atoms with Crippen molar-refractivity contribution in [3.63, 3.8) is 0 Å². The molecule has 0 unspecified atom stereocenters. The van der Waals surface area contributed by atoms with Gasteiger partial charge in [-0.05, 0) is 50.4 Å². The Bertz CT molecular complexity index is 679. The highest BCUT2D eigenvalue weighted by molar-refractivity contribution is 5.89. The number of likely N-dealkylation sites (tertiary alicyclic amines) is 1. The van der Waals surface area contributed by atoms with Crippen molar-refractivity contribution in [2.45, 2.75) is 43.2 Å². The smallest absolute Gasteiger partial charge is 0.174 e. The van der Waals surface area contributed by atoms with Crippen molar-refractivity contribution in [2.24, 2.45) is 5.92 Å². The Balaban J connectivity index is 0.000000781. The van der Waals surface area contributed by atoms with Gasteiger partial charge in [0, 0.05) is 23.4 Å². The van der Waals surface area contributed by atoms with Gasteiger partial charge in [0.05, 0.1) is 0 Å². The fourth-order valence-corrected chi connectivity index (χ4v) is 5.52. The zero-order valence-electron chi connectivity index (χ0n) is 13.0. The summed E-state index contributed by atoms with van der Waals surface area (Å²) in [5.74, 6) is 1.50. The molecule has 0 amide bonds. The molecular formula is C17H22ClNO4. The van der Waals surface area contributed by atoms with Gasteiger partial charge in [0.1, 0.15) is 0 Å². The second kappa shape index (κ2) is 5.10. The fraction of sp³-hybridized carbons (Fsp3) is 0.588. The molecule has 2 aliphatic carbocycles. The lowest BCUT2D eigenvalue weighted by molar-refractivity contribution is -0.138. The monoisotopic (exact) mass is 339 g/mol. The van der Waals surface area contributed by atoms with Gasteiger partial charge in [0.2, 0.25) is 0 Å². The molecule has 4 atom stereocenters. The summed E-state index contributed by atoms with van der Waals surface area (Å²) in [4.78, 5) is 14.9. The van der Waals surface area contributed by atoms with Gasteiger partial charge in [0.25, 0.3) is 0 Å². The molecule has 2 heterocycles. The van der Waals surface area contributed by atoms with Crippen LogP contribution >= 0.6 is 12.4 Å². The number of piperidine rings is 1. The summed E-state index contributed by atoms with van der Waals surface area (Å²) in [7, 11) is 2.20. The molecule has 0 aromatic heterocycles. The summed E-state index contributed by atoms with van der Waals surface area (Å²) in [5.41, 5.74) is 2.26. The average Bonchev–Trinajstić information content (AvgIpc) is 2.83. The molecule has 0 radical (unpaired) electrons. The molecule has 1 saturated heterocycles. The molecule has 5 rings (SSSR count). The minimum Gasteiger partial charge on any atom is -0.504 e. The zero-order chi connectivity index (χ0) is 14.4. The van der Waals surface area contributed by atoms with Gasteiger partial charge >= 0.3 is 0 Å². The number of likely N-dealkylation sites (N-methyl/N-ethyl adjacent to an activating group) is 1. The molecule has 23 heavy (non-hydrogen) atoms. The first kappa shape index (κ1) is 16.6. The van der Waals surface area contributed by atoms with Crippen molar-refractivity contribution < 1.29 is 20.1 Å². The highest BCUT2D eigenvalue weighted by Gasteiger charge is 2.65. The Hall–Kier alpha value is -1.30. The highest BCUT2D eigenvalue weighted by Crippen LogP contribution is 2.62. The number of rotatable bonds is 0. The van der Waals surface area contributed by atoms with Crippen LogP contribution in [-0.4, -0.2) is 47.0 Å². The van der Waals surface area contributed by atoms with Crippen LogP contribution in [0.4, 0.5) is 0 Å². The molecule has 6 heteroatoms. The van der Waals surface area contributed by atoms with E-state index in [0.29, 0.717) is 24.1 Å². The zero-order valence-corrected chi connectivity index (χ0v) is 13.9. The topological polar surface area (TPSA) is 81.3 Å². The Morgan fingerprint density at radius 2 is 2.17 bits per heavy atom. The molecule has 2 aliphatic heterocycles. The second-order valence-electron chi connectivity index (χ2n) is 7.10. The highest BCUT2D eigenvalue weighted by atomic mass is 35.5. The van der Waals surface area contributed by atoms with Crippen LogP contribution in [0.1, 0.15) is 30.4 Å². The van der Waals surface area contributed by atoms with Crippen molar-refractivity contribution >= 4 is 18.2 Å². The van der Waals surface area contributed by atoms with Crippen LogP contribution in [0.2, 0.25) is 0 Å². The molecule has 2 fully saturated rings. The molecule has 5 nitrogen and oxygen atoms in total. The normalized spacial score (nSPS) is 36.4. The summed E-state index contributed by atoms with van der Waals surface area (Å²) >= 11 is 0. The maximum absolute atomic E-state index is 12.5. The predicted octanol–water partition coefficient (Wildman–Crippen LogP) is 1.23. The third-order valence-electron chi connectivity index (χ3n) is 6.39. The van der Waals surface area contributed by atoms with E-state index in [9.17, 15) is 9.90 Å². The van der Waals surface area contributed by atoms with E-state index in [1.54, 1.807) is 6.07 Å². The standard InChI is InChI=1S/C17H19NO3.ClH.H2O/c1-18-7-6-17-10-3-5-13(20)16(17)21-15-12(19)4-2-9(14(15)17)8-11(10)18;;/h2,4,10-11,16,19H,3,5-8H2,1H3;1H;1H2/t10-,11+,16-,17-;;/m0../s1. The van der Waals surface area contributed by atoms with Gasteiger partial charge in [-0.25, -0.2) is 0 Å². The Morgan fingerprint density at radius 3 is 2.96 bits per heavy atom. The lowest BCUT2D eigenvalue weighted by Gasteiger charge is -2.57. The van der Waals surface area contributed by atoms with E-state index in [0.717, 1.165) is 31.4 Å². The quantitative estimate of drug-likeness (QED) is 0.770. The first-order valence-corrected chi connectivity index (χ1v) is 7.88. The SMILES string of the molecule is CN1CC[C@]23c4c5ccc(O)c4O[C@H]2C(=O)CC[C@H]3[C@H]1C5.Cl.O. The third kappa shape index (κ3) is 1.73. The fourth-order valence-electron chi connectivity index (χ4n) is 5.52. The first-order valence-electron chi connectivity index (χ1n) is 7.88. The van der Waals surface area contributed by atoms with E-state index in [1.165, 1.54) is 5.56 Å².